The molecule has 1 rings (SSSR count). The average Bonchev–Trinajstić information content (AvgIpc) is 2.63. The lowest BCUT2D eigenvalue weighted by Crippen LogP contribution is -2.27. The largest absolute Gasteiger partial charge is 0.469 e. The maximum Gasteiger partial charge on any atom is 0.254 e. The van der Waals surface area contributed by atoms with E-state index in [0.717, 1.165) is 11.3 Å². The summed E-state index contributed by atoms with van der Waals surface area (Å²) in [4.78, 5) is 11.5. The minimum absolute atomic E-state index is 0.143. The summed E-state index contributed by atoms with van der Waals surface area (Å²) < 4.78 is 10.3. The van der Waals surface area contributed by atoms with Crippen molar-refractivity contribution in [1.82, 2.24) is 5.32 Å². The molecule has 0 saturated carbocycles. The first-order chi connectivity index (χ1) is 7.59. The highest BCUT2D eigenvalue weighted by Gasteiger charge is 2.07. The zero-order valence-electron chi connectivity index (χ0n) is 9.71. The zero-order chi connectivity index (χ0) is 12.0. The van der Waals surface area contributed by atoms with E-state index >= 15 is 0 Å². The van der Waals surface area contributed by atoms with Crippen LogP contribution in [0, 0.1) is 6.92 Å². The topological polar surface area (TPSA) is 51.5 Å². The third kappa shape index (κ3) is 4.31. The Balaban J connectivity index is 2.18. The highest BCUT2D eigenvalue weighted by molar-refractivity contribution is 5.93. The van der Waals surface area contributed by atoms with Gasteiger partial charge in [-0.3, -0.25) is 4.79 Å². The van der Waals surface area contributed by atoms with E-state index < -0.39 is 0 Å². The van der Waals surface area contributed by atoms with Crippen molar-refractivity contribution in [2.75, 3.05) is 19.8 Å². The predicted octanol–water partition coefficient (Wildman–Crippen LogP) is 1.91. The summed E-state index contributed by atoms with van der Waals surface area (Å²) in [7, 11) is 0. The van der Waals surface area contributed by atoms with E-state index in [2.05, 4.69) is 11.9 Å². The lowest BCUT2D eigenvalue weighted by Gasteiger charge is -2.04. The summed E-state index contributed by atoms with van der Waals surface area (Å²) in [6, 6.07) is 1.70. The molecule has 0 aliphatic heterocycles. The molecule has 0 saturated heterocycles. The fraction of sp³-hybridized carbons (Fsp3) is 0.417. The molecular formula is C12H17NO3. The van der Waals surface area contributed by atoms with Gasteiger partial charge in [0, 0.05) is 6.54 Å². The van der Waals surface area contributed by atoms with Gasteiger partial charge >= 0.3 is 0 Å². The summed E-state index contributed by atoms with van der Waals surface area (Å²) >= 11 is 0. The molecular weight excluding hydrogens is 206 g/mol. The molecule has 0 fully saturated rings. The van der Waals surface area contributed by atoms with Gasteiger partial charge in [0.1, 0.15) is 12.0 Å². The van der Waals surface area contributed by atoms with E-state index in [1.807, 2.05) is 6.92 Å². The predicted molar refractivity (Wildman–Crippen MR) is 61.4 cm³/mol. The average molecular weight is 223 g/mol. The lowest BCUT2D eigenvalue weighted by molar-refractivity contribution is 0.0926. The Hall–Kier alpha value is -1.55. The van der Waals surface area contributed by atoms with E-state index in [1.165, 1.54) is 6.26 Å². The van der Waals surface area contributed by atoms with Crippen LogP contribution in [0.15, 0.2) is 28.9 Å². The molecule has 4 nitrogen and oxygen atoms in total. The third-order valence-electron chi connectivity index (χ3n) is 1.87. The van der Waals surface area contributed by atoms with Crippen molar-refractivity contribution < 1.29 is 13.9 Å². The lowest BCUT2D eigenvalue weighted by atomic mass is 10.3. The van der Waals surface area contributed by atoms with Gasteiger partial charge in [-0.25, -0.2) is 0 Å². The molecule has 4 heteroatoms. The molecule has 0 aliphatic rings. The quantitative estimate of drug-likeness (QED) is 0.592. The minimum atomic E-state index is -0.143. The van der Waals surface area contributed by atoms with Crippen LogP contribution in [0.5, 0.6) is 0 Å². The van der Waals surface area contributed by atoms with Gasteiger partial charge in [0.25, 0.3) is 5.91 Å². The zero-order valence-corrected chi connectivity index (χ0v) is 9.71. The van der Waals surface area contributed by atoms with E-state index in [-0.39, 0.29) is 5.91 Å². The number of nitrogens with one attached hydrogen (secondary N) is 1. The van der Waals surface area contributed by atoms with Crippen LogP contribution in [0.2, 0.25) is 0 Å². The minimum Gasteiger partial charge on any atom is -0.469 e. The van der Waals surface area contributed by atoms with Gasteiger partial charge in [0.2, 0.25) is 0 Å². The van der Waals surface area contributed by atoms with Gasteiger partial charge < -0.3 is 14.5 Å². The van der Waals surface area contributed by atoms with E-state index in [0.29, 0.717) is 25.3 Å². The number of carbonyl (C=O) groups excluding carboxylic acids is 1. The molecule has 1 amide bonds. The molecule has 0 unspecified atom stereocenters. The molecule has 16 heavy (non-hydrogen) atoms. The molecule has 1 N–H and O–H groups in total. The number of ether oxygens (including phenoxy) is 1. The molecule has 0 bridgehead atoms. The highest BCUT2D eigenvalue weighted by Crippen LogP contribution is 2.05. The monoisotopic (exact) mass is 223 g/mol. The molecule has 1 aromatic heterocycles. The van der Waals surface area contributed by atoms with Crippen molar-refractivity contribution in [3.05, 3.63) is 35.8 Å². The van der Waals surface area contributed by atoms with Gasteiger partial charge in [-0.15, -0.1) is 0 Å². The van der Waals surface area contributed by atoms with Crippen molar-refractivity contribution >= 4 is 5.91 Å². The Kier molecular flexibility index (Phi) is 4.79. The van der Waals surface area contributed by atoms with Gasteiger partial charge in [-0.1, -0.05) is 12.2 Å². The van der Waals surface area contributed by atoms with Crippen LogP contribution in [0.4, 0.5) is 0 Å². The Morgan fingerprint density at radius 3 is 2.94 bits per heavy atom. The summed E-state index contributed by atoms with van der Waals surface area (Å²) in [5, 5.41) is 2.73. The van der Waals surface area contributed by atoms with Gasteiger partial charge in [0.15, 0.2) is 0 Å². The molecule has 0 aliphatic carbocycles. The van der Waals surface area contributed by atoms with Crippen molar-refractivity contribution in [1.29, 1.82) is 0 Å². The molecule has 0 spiro atoms. The SMILES string of the molecule is C=C(C)COCCNC(=O)c1coc(C)c1. The van der Waals surface area contributed by atoms with Crippen molar-refractivity contribution in [2.45, 2.75) is 13.8 Å². The number of furan rings is 1. The molecule has 1 aromatic rings. The fourth-order valence-electron chi connectivity index (χ4n) is 1.15. The van der Waals surface area contributed by atoms with Crippen LogP contribution >= 0.6 is 0 Å². The summed E-state index contributed by atoms with van der Waals surface area (Å²) in [5.74, 6) is 0.583. The highest BCUT2D eigenvalue weighted by atomic mass is 16.5. The Labute approximate surface area is 95.3 Å². The van der Waals surface area contributed by atoms with E-state index in [9.17, 15) is 4.79 Å². The molecule has 1 heterocycles. The first-order valence-electron chi connectivity index (χ1n) is 5.15. The van der Waals surface area contributed by atoms with Crippen molar-refractivity contribution in [3.63, 3.8) is 0 Å². The Bertz CT molecular complexity index is 368. The summed E-state index contributed by atoms with van der Waals surface area (Å²) in [6.45, 7) is 8.90. The van der Waals surface area contributed by atoms with Crippen LogP contribution in [-0.2, 0) is 4.74 Å². The second-order valence-electron chi connectivity index (χ2n) is 3.71. The van der Waals surface area contributed by atoms with Gasteiger partial charge in [-0.05, 0) is 19.9 Å². The third-order valence-corrected chi connectivity index (χ3v) is 1.87. The van der Waals surface area contributed by atoms with Crippen LogP contribution in [0.25, 0.3) is 0 Å². The molecule has 0 atom stereocenters. The number of aryl methyl sites for hydroxylation is 1. The van der Waals surface area contributed by atoms with E-state index in [4.69, 9.17) is 9.15 Å². The van der Waals surface area contributed by atoms with E-state index in [1.54, 1.807) is 13.0 Å². The second kappa shape index (κ2) is 6.12. The second-order valence-corrected chi connectivity index (χ2v) is 3.71. The van der Waals surface area contributed by atoms with Crippen LogP contribution in [0.1, 0.15) is 23.0 Å². The first-order valence-corrected chi connectivity index (χ1v) is 5.15. The maximum atomic E-state index is 11.5. The van der Waals surface area contributed by atoms with Crippen molar-refractivity contribution in [2.24, 2.45) is 0 Å². The summed E-state index contributed by atoms with van der Waals surface area (Å²) in [6.07, 6.45) is 1.44. The standard InChI is InChI=1S/C12H17NO3/c1-9(2)7-15-5-4-13-12(14)11-6-10(3)16-8-11/h6,8H,1,4-5,7H2,2-3H3,(H,13,14). The number of carbonyl (C=O) groups is 1. The number of rotatable bonds is 6. The maximum absolute atomic E-state index is 11.5. The first kappa shape index (κ1) is 12.5. The Morgan fingerprint density at radius 2 is 2.38 bits per heavy atom. The smallest absolute Gasteiger partial charge is 0.254 e. The molecule has 0 radical (unpaired) electrons. The number of hydrogen-bond donors (Lipinski definition) is 1. The Morgan fingerprint density at radius 1 is 1.62 bits per heavy atom. The van der Waals surface area contributed by atoms with Gasteiger partial charge in [-0.2, -0.15) is 0 Å². The van der Waals surface area contributed by atoms with Crippen LogP contribution in [-0.4, -0.2) is 25.7 Å². The fourth-order valence-corrected chi connectivity index (χ4v) is 1.15. The number of amides is 1. The van der Waals surface area contributed by atoms with Crippen LogP contribution in [0.3, 0.4) is 0 Å². The molecule has 0 aromatic carbocycles. The normalized spacial score (nSPS) is 10.1. The molecule has 88 valence electrons. The summed E-state index contributed by atoms with van der Waals surface area (Å²) in [5.41, 5.74) is 1.51. The van der Waals surface area contributed by atoms with Gasteiger partial charge in [0.05, 0.1) is 18.8 Å². The van der Waals surface area contributed by atoms with Crippen molar-refractivity contribution in [3.8, 4) is 0 Å². The number of hydrogen-bond acceptors (Lipinski definition) is 3. The van der Waals surface area contributed by atoms with Crippen LogP contribution < -0.4 is 5.32 Å².